The Bertz CT molecular complexity index is 1090. The third kappa shape index (κ3) is 4.85. The first-order valence-electron chi connectivity index (χ1n) is 8.55. The van der Waals surface area contributed by atoms with E-state index in [9.17, 15) is 26.4 Å². The van der Waals surface area contributed by atoms with E-state index in [-0.39, 0.29) is 22.0 Å². The van der Waals surface area contributed by atoms with Crippen molar-refractivity contribution in [1.29, 1.82) is 0 Å². The van der Waals surface area contributed by atoms with Crippen LogP contribution in [0.5, 0.6) is 0 Å². The topological polar surface area (TPSA) is 92.5 Å². The third-order valence-corrected chi connectivity index (χ3v) is 6.84. The molecule has 0 aliphatic carbocycles. The second kappa shape index (κ2) is 8.29. The number of alkyl halides is 3. The summed E-state index contributed by atoms with van der Waals surface area (Å²) in [5.74, 6) is -1.70. The minimum absolute atomic E-state index is 0.00347. The lowest BCUT2D eigenvalue weighted by molar-refractivity contribution is -0.105. The first-order valence-corrected chi connectivity index (χ1v) is 11.6. The molecule has 0 bridgehead atoms. The average Bonchev–Trinajstić information content (AvgIpc) is 2.60. The zero-order chi connectivity index (χ0) is 22.3. The second-order valence-corrected chi connectivity index (χ2v) is 9.59. The number of carbonyl (C=O) groups excluding carboxylic acids is 1. The molecule has 1 aliphatic rings. The fourth-order valence-corrected chi connectivity index (χ4v) is 5.00. The van der Waals surface area contributed by atoms with Crippen molar-refractivity contribution < 1.29 is 26.4 Å². The number of amides is 1. The Morgan fingerprint density at radius 2 is 1.93 bits per heavy atom. The normalized spacial score (nSPS) is 16.9. The number of thioether (sulfide) groups is 1. The summed E-state index contributed by atoms with van der Waals surface area (Å²) < 4.78 is 61.4. The van der Waals surface area contributed by atoms with Gasteiger partial charge in [0.15, 0.2) is 0 Å². The molecule has 1 aliphatic heterocycles. The zero-order valence-electron chi connectivity index (χ0n) is 15.5. The van der Waals surface area contributed by atoms with Crippen molar-refractivity contribution in [3.05, 3.63) is 52.5 Å². The number of benzene rings is 2. The highest BCUT2D eigenvalue weighted by atomic mass is 35.5. The Morgan fingerprint density at radius 3 is 2.53 bits per heavy atom. The minimum atomic E-state index is -4.34. The number of aryl methyl sites for hydroxylation is 1. The van der Waals surface area contributed by atoms with Gasteiger partial charge in [0, 0.05) is 11.4 Å². The van der Waals surface area contributed by atoms with Crippen molar-refractivity contribution in [1.82, 2.24) is 0 Å². The number of sulfonamides is 1. The Morgan fingerprint density at radius 1 is 1.27 bits per heavy atom. The van der Waals surface area contributed by atoms with Gasteiger partial charge in [-0.15, -0.1) is 11.8 Å². The molecule has 2 aromatic carbocycles. The Balaban J connectivity index is 2.06. The van der Waals surface area contributed by atoms with E-state index in [0.29, 0.717) is 17.4 Å². The van der Waals surface area contributed by atoms with Crippen LogP contribution in [0.15, 0.2) is 41.3 Å². The van der Waals surface area contributed by atoms with Crippen LogP contribution < -0.4 is 15.4 Å². The van der Waals surface area contributed by atoms with Gasteiger partial charge in [-0.1, -0.05) is 29.8 Å². The molecule has 1 amide bonds. The number of fused-ring (bicyclic) bond motifs is 1. The molecule has 0 spiro atoms. The number of nitrogens with zero attached hydrogens (tertiary/aromatic N) is 1. The van der Waals surface area contributed by atoms with Crippen molar-refractivity contribution in [2.24, 2.45) is 5.14 Å². The standard InChI is InChI=1S/C18H17ClF3N3O3S2/c1-10-4-2-3-5-14(10)25-16(8-29-9-18(20,21)22)24-13-7-12(19)15(30(23,27)28)6-11(13)17(25)26/h2-7,16,24H,8-9H2,1H3,(H2,23,27,28). The van der Waals surface area contributed by atoms with E-state index < -0.39 is 38.9 Å². The van der Waals surface area contributed by atoms with E-state index in [1.165, 1.54) is 11.0 Å². The number of anilines is 2. The van der Waals surface area contributed by atoms with E-state index in [1.54, 1.807) is 31.2 Å². The van der Waals surface area contributed by atoms with Crippen LogP contribution in [0.25, 0.3) is 0 Å². The van der Waals surface area contributed by atoms with E-state index in [4.69, 9.17) is 16.7 Å². The summed E-state index contributed by atoms with van der Waals surface area (Å²) in [5, 5.41) is 7.99. The number of para-hydroxylation sites is 1. The van der Waals surface area contributed by atoms with Gasteiger partial charge in [0.1, 0.15) is 11.1 Å². The molecule has 0 saturated heterocycles. The number of rotatable bonds is 5. The molecule has 0 saturated carbocycles. The predicted octanol–water partition coefficient (Wildman–Crippen LogP) is 3.99. The molecule has 30 heavy (non-hydrogen) atoms. The lowest BCUT2D eigenvalue weighted by Gasteiger charge is -2.38. The first kappa shape index (κ1) is 22.7. The van der Waals surface area contributed by atoms with Gasteiger partial charge in [-0.2, -0.15) is 13.2 Å². The maximum Gasteiger partial charge on any atom is 0.397 e. The van der Waals surface area contributed by atoms with Gasteiger partial charge in [-0.3, -0.25) is 9.69 Å². The van der Waals surface area contributed by atoms with Gasteiger partial charge in [-0.25, -0.2) is 13.6 Å². The fourth-order valence-electron chi connectivity index (χ4n) is 3.10. The number of nitrogens with one attached hydrogen (secondary N) is 1. The summed E-state index contributed by atoms with van der Waals surface area (Å²) in [6.45, 7) is 1.76. The highest BCUT2D eigenvalue weighted by Crippen LogP contribution is 2.36. The van der Waals surface area contributed by atoms with Crippen LogP contribution in [0.2, 0.25) is 5.02 Å². The van der Waals surface area contributed by atoms with Crippen LogP contribution in [0.3, 0.4) is 0 Å². The number of carbonyl (C=O) groups is 1. The average molecular weight is 480 g/mol. The molecule has 3 rings (SSSR count). The van der Waals surface area contributed by atoms with Crippen molar-refractivity contribution in [2.75, 3.05) is 21.7 Å². The summed E-state index contributed by atoms with van der Waals surface area (Å²) in [4.78, 5) is 14.2. The molecule has 12 heteroatoms. The molecule has 0 fully saturated rings. The smallest absolute Gasteiger partial charge is 0.363 e. The van der Waals surface area contributed by atoms with E-state index in [2.05, 4.69) is 5.32 Å². The van der Waals surface area contributed by atoms with Gasteiger partial charge < -0.3 is 5.32 Å². The van der Waals surface area contributed by atoms with Crippen molar-refractivity contribution in [3.63, 3.8) is 0 Å². The van der Waals surface area contributed by atoms with Crippen molar-refractivity contribution >= 4 is 50.7 Å². The maximum absolute atomic E-state index is 13.3. The highest BCUT2D eigenvalue weighted by Gasteiger charge is 2.36. The quantitative estimate of drug-likeness (QED) is 0.676. The van der Waals surface area contributed by atoms with Crippen molar-refractivity contribution in [2.45, 2.75) is 24.2 Å². The fraction of sp³-hybridized carbons (Fsp3) is 0.278. The molecule has 1 heterocycles. The van der Waals surface area contributed by atoms with Gasteiger partial charge in [0.05, 0.1) is 22.0 Å². The van der Waals surface area contributed by atoms with Gasteiger partial charge in [-0.05, 0) is 30.7 Å². The van der Waals surface area contributed by atoms with E-state index in [1.807, 2.05) is 0 Å². The minimum Gasteiger partial charge on any atom is -0.363 e. The molecule has 2 aromatic rings. The summed E-state index contributed by atoms with van der Waals surface area (Å²) >= 11 is 6.64. The van der Waals surface area contributed by atoms with Crippen molar-refractivity contribution in [3.8, 4) is 0 Å². The van der Waals surface area contributed by atoms with Crippen LogP contribution in [-0.2, 0) is 10.0 Å². The SMILES string of the molecule is Cc1ccccc1N1C(=O)c2cc(S(N)(=O)=O)c(Cl)cc2NC1CSCC(F)(F)F. The number of hydrogen-bond acceptors (Lipinski definition) is 5. The molecule has 0 radical (unpaired) electrons. The maximum atomic E-state index is 13.3. The molecular weight excluding hydrogens is 463 g/mol. The van der Waals surface area contributed by atoms with Crippen LogP contribution in [0.1, 0.15) is 15.9 Å². The lowest BCUT2D eigenvalue weighted by Crippen LogP contribution is -2.51. The van der Waals surface area contributed by atoms with Gasteiger partial charge in [0.25, 0.3) is 5.91 Å². The molecule has 3 N–H and O–H groups in total. The molecule has 162 valence electrons. The summed E-state index contributed by atoms with van der Waals surface area (Å²) in [6.07, 6.45) is -5.16. The first-order chi connectivity index (χ1) is 13.9. The molecule has 0 aromatic heterocycles. The van der Waals surface area contributed by atoms with Crippen LogP contribution in [0, 0.1) is 6.92 Å². The zero-order valence-corrected chi connectivity index (χ0v) is 17.9. The summed E-state index contributed by atoms with van der Waals surface area (Å²) in [6, 6.07) is 9.20. The summed E-state index contributed by atoms with van der Waals surface area (Å²) in [7, 11) is -4.18. The third-order valence-electron chi connectivity index (χ3n) is 4.38. The lowest BCUT2D eigenvalue weighted by atomic mass is 10.1. The Hall–Kier alpha value is -1.95. The number of halogens is 4. The Kier molecular flexibility index (Phi) is 6.28. The molecule has 1 atom stereocenters. The number of nitrogens with two attached hydrogens (primary N) is 1. The molecule has 1 unspecified atom stereocenters. The van der Waals surface area contributed by atoms with Crippen LogP contribution >= 0.6 is 23.4 Å². The molecular formula is C18H17ClF3N3O3S2. The molecule has 6 nitrogen and oxygen atoms in total. The Labute approximate surface area is 180 Å². The largest absolute Gasteiger partial charge is 0.397 e. The number of primary sulfonamides is 1. The van der Waals surface area contributed by atoms with Gasteiger partial charge in [0.2, 0.25) is 10.0 Å². The predicted molar refractivity (Wildman–Crippen MR) is 112 cm³/mol. The highest BCUT2D eigenvalue weighted by molar-refractivity contribution is 7.99. The van der Waals surface area contributed by atoms with Crippen LogP contribution in [0.4, 0.5) is 24.5 Å². The van der Waals surface area contributed by atoms with E-state index in [0.717, 1.165) is 11.6 Å². The number of hydrogen-bond donors (Lipinski definition) is 2. The monoisotopic (exact) mass is 479 g/mol. The second-order valence-electron chi connectivity index (χ2n) is 6.63. The van der Waals surface area contributed by atoms with Gasteiger partial charge >= 0.3 is 6.18 Å². The van der Waals surface area contributed by atoms with Crippen LogP contribution in [-0.4, -0.2) is 38.2 Å². The van der Waals surface area contributed by atoms with E-state index >= 15 is 0 Å². The summed E-state index contributed by atoms with van der Waals surface area (Å²) in [5.41, 5.74) is 1.44.